The first-order valence-corrected chi connectivity index (χ1v) is 11.9. The Morgan fingerprint density at radius 1 is 0.571 bits per heavy atom. The first-order valence-electron chi connectivity index (χ1n) is 11.9. The number of hydrogen-bond acceptors (Lipinski definition) is 8. The second-order valence-corrected chi connectivity index (χ2v) is 8.89. The predicted octanol–water partition coefficient (Wildman–Crippen LogP) is 0.698. The van der Waals surface area contributed by atoms with E-state index in [2.05, 4.69) is 5.32 Å². The molecule has 19 heteroatoms. The largest absolute Gasteiger partial charge is 0.480 e. The molecule has 0 aromatic heterocycles. The molecule has 1 aromatic rings. The minimum Gasteiger partial charge on any atom is -0.480 e. The molecule has 13 nitrogen and oxygen atoms in total. The van der Waals surface area contributed by atoms with Gasteiger partial charge in [-0.25, -0.2) is 0 Å². The van der Waals surface area contributed by atoms with Gasteiger partial charge in [0.25, 0.3) is 5.91 Å². The monoisotopic (exact) mass is 618 g/mol. The molecule has 0 spiro atoms. The number of rotatable bonds is 18. The van der Waals surface area contributed by atoms with E-state index in [0.29, 0.717) is 0 Å². The van der Waals surface area contributed by atoms with E-state index in [1.165, 1.54) is 9.80 Å². The van der Waals surface area contributed by atoms with Crippen LogP contribution in [-0.4, -0.2) is 130 Å². The van der Waals surface area contributed by atoms with Gasteiger partial charge in [0.1, 0.15) is 0 Å². The summed E-state index contributed by atoms with van der Waals surface area (Å²) in [4.78, 5) is 60.3. The molecule has 0 aliphatic heterocycles. The van der Waals surface area contributed by atoms with E-state index < -0.39 is 91.6 Å². The van der Waals surface area contributed by atoms with Crippen molar-refractivity contribution >= 4 is 29.8 Å². The fourth-order valence-electron chi connectivity index (χ4n) is 3.60. The molecule has 0 saturated heterocycles. The van der Waals surface area contributed by atoms with Gasteiger partial charge in [0.15, 0.2) is 0 Å². The Kier molecular flexibility index (Phi) is 13.6. The molecule has 0 fully saturated rings. The van der Waals surface area contributed by atoms with E-state index in [1.807, 2.05) is 0 Å². The molecular weight excluding hydrogens is 590 g/mol. The Morgan fingerprint density at radius 2 is 0.905 bits per heavy atom. The molecule has 0 saturated carbocycles. The summed E-state index contributed by atoms with van der Waals surface area (Å²) in [5, 5.41) is 38.3. The normalized spacial score (nSPS) is 12.1. The minimum absolute atomic E-state index is 0.121. The third kappa shape index (κ3) is 14.1. The average molecular weight is 618 g/mol. The van der Waals surface area contributed by atoms with Crippen molar-refractivity contribution in [3.05, 3.63) is 34.9 Å². The summed E-state index contributed by atoms with van der Waals surface area (Å²) in [6.07, 6.45) is -10.3. The Balaban J connectivity index is 2.91. The van der Waals surface area contributed by atoms with Crippen LogP contribution >= 0.6 is 0 Å². The van der Waals surface area contributed by atoms with Gasteiger partial charge in [0, 0.05) is 44.8 Å². The number of aliphatic carboxylic acids is 4. The van der Waals surface area contributed by atoms with Gasteiger partial charge in [-0.3, -0.25) is 38.7 Å². The summed E-state index contributed by atoms with van der Waals surface area (Å²) in [6, 6.07) is 0.333. The van der Waals surface area contributed by atoms with Crippen LogP contribution in [0.5, 0.6) is 0 Å². The van der Waals surface area contributed by atoms with Gasteiger partial charge >= 0.3 is 36.2 Å². The van der Waals surface area contributed by atoms with Gasteiger partial charge in [0.2, 0.25) is 0 Å². The number of hydrogen-bond donors (Lipinski definition) is 5. The number of carbonyl (C=O) groups is 5. The standard InChI is InChI=1S/C23H28F6N4O9/c24-22(25,26)15-7-14(8-16(9-15)23(27,28)29)21(42)30-1-2-31(10-17(34)35)3-4-32(11-18(36)37)5-6-33(12-19(38)39)13-20(40)41/h7-9H,1-6,10-13H2,(H,30,42)(H,34,35)(H,36,37)(H,38,39)(H,40,41). The molecule has 1 amide bonds. The summed E-state index contributed by atoms with van der Waals surface area (Å²) in [6.45, 7) is -3.73. The number of nitrogens with one attached hydrogen (secondary N) is 1. The minimum atomic E-state index is -5.17. The number of benzene rings is 1. The highest BCUT2D eigenvalue weighted by molar-refractivity contribution is 5.94. The molecule has 0 unspecified atom stereocenters. The highest BCUT2D eigenvalue weighted by Crippen LogP contribution is 2.36. The van der Waals surface area contributed by atoms with E-state index in [0.717, 1.165) is 4.90 Å². The Labute approximate surface area is 233 Å². The van der Waals surface area contributed by atoms with Gasteiger partial charge in [-0.15, -0.1) is 0 Å². The second-order valence-electron chi connectivity index (χ2n) is 8.89. The summed E-state index contributed by atoms with van der Waals surface area (Å²) in [5.41, 5.74) is -4.32. The number of carbonyl (C=O) groups excluding carboxylic acids is 1. The number of carboxylic acid groups (broad SMARTS) is 4. The summed E-state index contributed by atoms with van der Waals surface area (Å²) >= 11 is 0. The second kappa shape index (κ2) is 15.9. The van der Waals surface area contributed by atoms with Crippen molar-refractivity contribution < 1.29 is 70.7 Å². The zero-order valence-corrected chi connectivity index (χ0v) is 21.7. The van der Waals surface area contributed by atoms with Crippen LogP contribution in [0.2, 0.25) is 0 Å². The van der Waals surface area contributed by atoms with E-state index in [1.54, 1.807) is 0 Å². The smallest absolute Gasteiger partial charge is 0.416 e. The number of alkyl halides is 6. The number of carboxylic acids is 4. The van der Waals surface area contributed by atoms with Crippen LogP contribution < -0.4 is 5.32 Å². The molecule has 0 aliphatic carbocycles. The molecule has 1 aromatic carbocycles. The highest BCUT2D eigenvalue weighted by atomic mass is 19.4. The van der Waals surface area contributed by atoms with E-state index in [-0.39, 0.29) is 50.9 Å². The van der Waals surface area contributed by atoms with E-state index in [9.17, 15) is 55.4 Å². The molecule has 0 atom stereocenters. The van der Waals surface area contributed by atoms with Gasteiger partial charge in [-0.05, 0) is 18.2 Å². The Bertz CT molecular complexity index is 1080. The first-order chi connectivity index (χ1) is 19.3. The lowest BCUT2D eigenvalue weighted by molar-refractivity contribution is -0.144. The third-order valence-electron chi connectivity index (χ3n) is 5.46. The SMILES string of the molecule is O=C(O)CN(CCNC(=O)c1cc(C(F)(F)F)cc(C(F)(F)F)c1)CCN(CCN(CC(=O)O)CC(=O)O)CC(=O)O. The maximum atomic E-state index is 13.1. The maximum Gasteiger partial charge on any atom is 0.416 e. The van der Waals surface area contributed by atoms with Crippen LogP contribution in [0.15, 0.2) is 18.2 Å². The van der Waals surface area contributed by atoms with Crippen molar-refractivity contribution in [1.29, 1.82) is 0 Å². The molecule has 1 rings (SSSR count). The number of nitrogens with zero attached hydrogens (tertiary/aromatic N) is 3. The molecule has 0 heterocycles. The number of amides is 1. The fraction of sp³-hybridized carbons (Fsp3) is 0.522. The summed E-state index contributed by atoms with van der Waals surface area (Å²) < 4.78 is 78.4. The summed E-state index contributed by atoms with van der Waals surface area (Å²) in [5.74, 6) is -6.57. The maximum absolute atomic E-state index is 13.1. The van der Waals surface area contributed by atoms with Crippen LogP contribution in [0.25, 0.3) is 0 Å². The lowest BCUT2D eigenvalue weighted by atomic mass is 10.0. The lowest BCUT2D eigenvalue weighted by Gasteiger charge is -2.27. The molecule has 0 aliphatic rings. The van der Waals surface area contributed by atoms with Crippen LogP contribution in [0.1, 0.15) is 21.5 Å². The highest BCUT2D eigenvalue weighted by Gasteiger charge is 2.37. The molecule has 0 radical (unpaired) electrons. The molecule has 236 valence electrons. The predicted molar refractivity (Wildman–Crippen MR) is 129 cm³/mol. The van der Waals surface area contributed by atoms with Crippen molar-refractivity contribution in [2.45, 2.75) is 12.4 Å². The zero-order valence-electron chi connectivity index (χ0n) is 21.7. The van der Waals surface area contributed by atoms with Crippen LogP contribution in [-0.2, 0) is 31.5 Å². The van der Waals surface area contributed by atoms with Crippen LogP contribution in [0.3, 0.4) is 0 Å². The average Bonchev–Trinajstić information content (AvgIpc) is 2.82. The van der Waals surface area contributed by atoms with Crippen molar-refractivity contribution in [2.75, 3.05) is 65.4 Å². The zero-order chi connectivity index (χ0) is 32.3. The van der Waals surface area contributed by atoms with Crippen LogP contribution in [0.4, 0.5) is 26.3 Å². The van der Waals surface area contributed by atoms with E-state index >= 15 is 0 Å². The Hall–Kier alpha value is -3.97. The lowest BCUT2D eigenvalue weighted by Crippen LogP contribution is -2.45. The molecule has 42 heavy (non-hydrogen) atoms. The van der Waals surface area contributed by atoms with Crippen molar-refractivity contribution in [3.8, 4) is 0 Å². The first kappa shape index (κ1) is 36.1. The van der Waals surface area contributed by atoms with Crippen LogP contribution in [0, 0.1) is 0 Å². The third-order valence-corrected chi connectivity index (χ3v) is 5.46. The van der Waals surface area contributed by atoms with Gasteiger partial charge in [-0.1, -0.05) is 0 Å². The molecular formula is C23H28F6N4O9. The molecule has 5 N–H and O–H groups in total. The van der Waals surface area contributed by atoms with Crippen molar-refractivity contribution in [2.24, 2.45) is 0 Å². The molecule has 0 bridgehead atoms. The quantitative estimate of drug-likeness (QED) is 0.145. The van der Waals surface area contributed by atoms with Gasteiger partial charge in [-0.2, -0.15) is 26.3 Å². The number of halogens is 6. The topological polar surface area (TPSA) is 188 Å². The van der Waals surface area contributed by atoms with E-state index in [4.69, 9.17) is 15.3 Å². The van der Waals surface area contributed by atoms with Gasteiger partial charge in [0.05, 0.1) is 37.3 Å². The summed E-state index contributed by atoms with van der Waals surface area (Å²) in [7, 11) is 0. The van der Waals surface area contributed by atoms with Gasteiger partial charge < -0.3 is 25.7 Å². The van der Waals surface area contributed by atoms with Crippen molar-refractivity contribution in [3.63, 3.8) is 0 Å². The fourth-order valence-corrected chi connectivity index (χ4v) is 3.60. The van der Waals surface area contributed by atoms with Crippen molar-refractivity contribution in [1.82, 2.24) is 20.0 Å². The Morgan fingerprint density at radius 3 is 1.26 bits per heavy atom.